The number of nitrogens with zero attached hydrogens (tertiary/aromatic N) is 1. The number of hydrogen-bond donors (Lipinski definition) is 3. The Morgan fingerprint density at radius 3 is 2.72 bits per heavy atom. The Bertz CT molecular complexity index is 418. The Hall–Kier alpha value is -2.11. The van der Waals surface area contributed by atoms with Crippen LogP contribution in [-0.4, -0.2) is 34.2 Å². The van der Waals surface area contributed by atoms with Crippen LogP contribution in [0.3, 0.4) is 0 Å². The number of amides is 2. The number of aromatic nitrogens is 1. The summed E-state index contributed by atoms with van der Waals surface area (Å²) in [6.45, 7) is 3.28. The third-order valence-corrected chi connectivity index (χ3v) is 2.38. The fraction of sp³-hybridized carbons (Fsp3) is 0.417. The second-order valence-corrected chi connectivity index (χ2v) is 4.42. The second-order valence-electron chi connectivity index (χ2n) is 4.42. The highest BCUT2D eigenvalue weighted by molar-refractivity contribution is 5.85. The SMILES string of the molecule is CC(C)(NC(=O)NCCc1cccnc1)C(=O)O. The molecule has 0 radical (unpaired) electrons. The van der Waals surface area contributed by atoms with Gasteiger partial charge in [0, 0.05) is 18.9 Å². The molecule has 0 bridgehead atoms. The minimum Gasteiger partial charge on any atom is -0.480 e. The molecule has 0 aliphatic carbocycles. The van der Waals surface area contributed by atoms with Crippen LogP contribution in [0.2, 0.25) is 0 Å². The molecule has 0 saturated heterocycles. The number of aliphatic carboxylic acids is 1. The molecule has 0 unspecified atom stereocenters. The van der Waals surface area contributed by atoms with Crippen molar-refractivity contribution in [3.63, 3.8) is 0 Å². The largest absolute Gasteiger partial charge is 0.480 e. The Morgan fingerprint density at radius 1 is 1.44 bits per heavy atom. The minimum atomic E-state index is -1.28. The molecule has 0 saturated carbocycles. The maximum absolute atomic E-state index is 11.5. The van der Waals surface area contributed by atoms with Crippen LogP contribution in [0.5, 0.6) is 0 Å². The van der Waals surface area contributed by atoms with Crippen molar-refractivity contribution in [1.82, 2.24) is 15.6 Å². The van der Waals surface area contributed by atoms with E-state index in [2.05, 4.69) is 15.6 Å². The Kier molecular flexibility index (Phi) is 4.65. The first-order chi connectivity index (χ1) is 8.42. The van der Waals surface area contributed by atoms with E-state index in [0.717, 1.165) is 5.56 Å². The summed E-state index contributed by atoms with van der Waals surface area (Å²) in [6, 6.07) is 3.24. The number of carbonyl (C=O) groups is 2. The summed E-state index contributed by atoms with van der Waals surface area (Å²) in [7, 11) is 0. The van der Waals surface area contributed by atoms with Crippen LogP contribution in [0.4, 0.5) is 4.79 Å². The van der Waals surface area contributed by atoms with Gasteiger partial charge in [0.2, 0.25) is 0 Å². The number of carboxylic acids is 1. The van der Waals surface area contributed by atoms with Gasteiger partial charge in [0.05, 0.1) is 0 Å². The highest BCUT2D eigenvalue weighted by atomic mass is 16.4. The van der Waals surface area contributed by atoms with E-state index in [9.17, 15) is 9.59 Å². The van der Waals surface area contributed by atoms with Crippen molar-refractivity contribution in [3.05, 3.63) is 30.1 Å². The number of hydrogen-bond acceptors (Lipinski definition) is 3. The molecule has 18 heavy (non-hydrogen) atoms. The van der Waals surface area contributed by atoms with Crippen LogP contribution in [0, 0.1) is 0 Å². The molecule has 3 N–H and O–H groups in total. The maximum Gasteiger partial charge on any atom is 0.328 e. The average molecular weight is 251 g/mol. The lowest BCUT2D eigenvalue weighted by molar-refractivity contribution is -0.142. The number of carboxylic acid groups (broad SMARTS) is 1. The Labute approximate surface area is 105 Å². The van der Waals surface area contributed by atoms with Gasteiger partial charge in [-0.15, -0.1) is 0 Å². The van der Waals surface area contributed by atoms with Gasteiger partial charge in [0.25, 0.3) is 0 Å². The maximum atomic E-state index is 11.5. The van der Waals surface area contributed by atoms with Gasteiger partial charge in [-0.1, -0.05) is 6.07 Å². The smallest absolute Gasteiger partial charge is 0.328 e. The molecule has 0 aliphatic rings. The van der Waals surface area contributed by atoms with Crippen LogP contribution in [0.1, 0.15) is 19.4 Å². The van der Waals surface area contributed by atoms with Gasteiger partial charge in [0.15, 0.2) is 0 Å². The van der Waals surface area contributed by atoms with Gasteiger partial charge in [-0.05, 0) is 31.9 Å². The fourth-order valence-electron chi connectivity index (χ4n) is 1.25. The molecule has 98 valence electrons. The summed E-state index contributed by atoms with van der Waals surface area (Å²) < 4.78 is 0. The fourth-order valence-corrected chi connectivity index (χ4v) is 1.25. The van der Waals surface area contributed by atoms with E-state index in [1.807, 2.05) is 12.1 Å². The van der Waals surface area contributed by atoms with E-state index < -0.39 is 17.5 Å². The highest BCUT2D eigenvalue weighted by Crippen LogP contribution is 2.01. The first-order valence-corrected chi connectivity index (χ1v) is 5.60. The van der Waals surface area contributed by atoms with Crippen molar-refractivity contribution >= 4 is 12.0 Å². The number of pyridine rings is 1. The lowest BCUT2D eigenvalue weighted by Crippen LogP contribution is -2.53. The molecule has 2 amide bonds. The van der Waals surface area contributed by atoms with Gasteiger partial charge in [0.1, 0.15) is 5.54 Å². The number of carbonyl (C=O) groups excluding carboxylic acids is 1. The number of rotatable bonds is 5. The van der Waals surface area contributed by atoms with Gasteiger partial charge < -0.3 is 15.7 Å². The standard InChI is InChI=1S/C12H17N3O3/c1-12(2,10(16)17)15-11(18)14-7-5-9-4-3-6-13-8-9/h3-4,6,8H,5,7H2,1-2H3,(H,16,17)(H2,14,15,18). The lowest BCUT2D eigenvalue weighted by Gasteiger charge is -2.21. The number of nitrogens with one attached hydrogen (secondary N) is 2. The molecule has 0 atom stereocenters. The third kappa shape index (κ3) is 4.40. The summed E-state index contributed by atoms with van der Waals surface area (Å²) >= 11 is 0. The van der Waals surface area contributed by atoms with Crippen molar-refractivity contribution in [1.29, 1.82) is 0 Å². The lowest BCUT2D eigenvalue weighted by atomic mass is 10.1. The zero-order valence-electron chi connectivity index (χ0n) is 10.4. The van der Waals surface area contributed by atoms with Gasteiger partial charge in [-0.25, -0.2) is 9.59 Å². The van der Waals surface area contributed by atoms with Crippen molar-refractivity contribution in [2.75, 3.05) is 6.54 Å². The summed E-state index contributed by atoms with van der Waals surface area (Å²) in [5.74, 6) is -1.08. The van der Waals surface area contributed by atoms with Crippen molar-refractivity contribution in [3.8, 4) is 0 Å². The van der Waals surface area contributed by atoms with Crippen LogP contribution >= 0.6 is 0 Å². The summed E-state index contributed by atoms with van der Waals surface area (Å²) in [4.78, 5) is 26.2. The Balaban J connectivity index is 2.32. The van der Waals surface area contributed by atoms with E-state index in [1.165, 1.54) is 13.8 Å². The number of urea groups is 1. The molecule has 0 aromatic carbocycles. The van der Waals surface area contributed by atoms with Gasteiger partial charge in [-0.3, -0.25) is 4.98 Å². The first-order valence-electron chi connectivity index (χ1n) is 5.60. The molecule has 1 heterocycles. The molecule has 0 fully saturated rings. The minimum absolute atomic E-state index is 0.424. The Morgan fingerprint density at radius 2 is 2.17 bits per heavy atom. The zero-order chi connectivity index (χ0) is 13.6. The summed E-state index contributed by atoms with van der Waals surface area (Å²) in [5.41, 5.74) is -0.270. The molecule has 0 aliphatic heterocycles. The molecule has 1 aromatic heterocycles. The highest BCUT2D eigenvalue weighted by Gasteiger charge is 2.28. The normalized spacial score (nSPS) is 10.8. The van der Waals surface area contributed by atoms with Crippen molar-refractivity contribution in [2.45, 2.75) is 25.8 Å². The second kappa shape index (κ2) is 6.00. The van der Waals surface area contributed by atoms with E-state index >= 15 is 0 Å². The quantitative estimate of drug-likeness (QED) is 0.721. The predicted octanol–water partition coefficient (Wildman–Crippen LogP) is 0.786. The van der Waals surface area contributed by atoms with E-state index in [1.54, 1.807) is 12.4 Å². The monoisotopic (exact) mass is 251 g/mol. The van der Waals surface area contributed by atoms with Crippen LogP contribution < -0.4 is 10.6 Å². The van der Waals surface area contributed by atoms with Crippen molar-refractivity contribution < 1.29 is 14.7 Å². The van der Waals surface area contributed by atoms with E-state index in [0.29, 0.717) is 13.0 Å². The molecule has 6 heteroatoms. The molecule has 1 aromatic rings. The molecular formula is C12H17N3O3. The summed E-state index contributed by atoms with van der Waals surface area (Å²) in [5, 5.41) is 13.8. The summed E-state index contributed by atoms with van der Waals surface area (Å²) in [6.07, 6.45) is 4.05. The van der Waals surface area contributed by atoms with Crippen molar-refractivity contribution in [2.24, 2.45) is 0 Å². The topological polar surface area (TPSA) is 91.3 Å². The molecule has 1 rings (SSSR count). The van der Waals surface area contributed by atoms with Crippen LogP contribution in [0.15, 0.2) is 24.5 Å². The van der Waals surface area contributed by atoms with E-state index in [-0.39, 0.29) is 0 Å². The van der Waals surface area contributed by atoms with Crippen LogP contribution in [0.25, 0.3) is 0 Å². The third-order valence-electron chi connectivity index (χ3n) is 2.38. The first kappa shape index (κ1) is 14.0. The van der Waals surface area contributed by atoms with Gasteiger partial charge in [-0.2, -0.15) is 0 Å². The molecule has 6 nitrogen and oxygen atoms in total. The predicted molar refractivity (Wildman–Crippen MR) is 66.2 cm³/mol. The zero-order valence-corrected chi connectivity index (χ0v) is 10.4. The molecular weight excluding hydrogens is 234 g/mol. The van der Waals surface area contributed by atoms with E-state index in [4.69, 9.17) is 5.11 Å². The van der Waals surface area contributed by atoms with Gasteiger partial charge >= 0.3 is 12.0 Å². The molecule has 0 spiro atoms. The van der Waals surface area contributed by atoms with Crippen LogP contribution in [-0.2, 0) is 11.2 Å². The average Bonchev–Trinajstić information content (AvgIpc) is 2.29.